The minimum absolute atomic E-state index is 0.0414. The second kappa shape index (κ2) is 8.65. The van der Waals surface area contributed by atoms with E-state index in [9.17, 15) is 17.6 Å². The first-order chi connectivity index (χ1) is 12.8. The standard InChI is InChI=1S/C18H19FN2O5S/c1-4-9-20-27(23,24)17-10-12(5-7-14(17)19)18(22)21-15-11-13(25-2)6-8-16(15)26-3/h4-8,10-11,20H,1,9H2,2-3H3,(H,21,22). The van der Waals surface area contributed by atoms with Crippen LogP contribution >= 0.6 is 0 Å². The number of carbonyl (C=O) groups is 1. The molecular weight excluding hydrogens is 375 g/mol. The number of halogens is 1. The summed E-state index contributed by atoms with van der Waals surface area (Å²) in [5.74, 6) is -0.738. The Bertz CT molecular complexity index is 960. The average Bonchev–Trinajstić information content (AvgIpc) is 2.66. The first kappa shape index (κ1) is 20.4. The fourth-order valence-electron chi connectivity index (χ4n) is 2.20. The number of amides is 1. The average molecular weight is 394 g/mol. The summed E-state index contributed by atoms with van der Waals surface area (Å²) < 4.78 is 50.8. The van der Waals surface area contributed by atoms with Crippen molar-refractivity contribution in [1.29, 1.82) is 0 Å². The molecule has 2 rings (SSSR count). The van der Waals surface area contributed by atoms with Gasteiger partial charge in [-0.05, 0) is 30.3 Å². The molecule has 0 bridgehead atoms. The Morgan fingerprint density at radius 2 is 1.93 bits per heavy atom. The molecule has 0 aromatic heterocycles. The van der Waals surface area contributed by atoms with Crippen LogP contribution in [-0.2, 0) is 10.0 Å². The molecule has 0 saturated heterocycles. The van der Waals surface area contributed by atoms with E-state index in [-0.39, 0.29) is 12.1 Å². The Balaban J connectivity index is 2.35. The molecule has 0 aliphatic heterocycles. The zero-order valence-corrected chi connectivity index (χ0v) is 15.6. The number of benzene rings is 2. The Kier molecular flexibility index (Phi) is 6.54. The van der Waals surface area contributed by atoms with Crippen molar-refractivity contribution >= 4 is 21.6 Å². The summed E-state index contributed by atoms with van der Waals surface area (Å²) in [5, 5.41) is 2.60. The molecular formula is C18H19FN2O5S. The minimum atomic E-state index is -4.13. The molecule has 2 aromatic rings. The highest BCUT2D eigenvalue weighted by molar-refractivity contribution is 7.89. The number of hydrogen-bond acceptors (Lipinski definition) is 5. The van der Waals surface area contributed by atoms with Crippen molar-refractivity contribution in [3.05, 3.63) is 60.4 Å². The molecule has 0 radical (unpaired) electrons. The van der Waals surface area contributed by atoms with Crippen LogP contribution in [0.3, 0.4) is 0 Å². The molecule has 7 nitrogen and oxygen atoms in total. The van der Waals surface area contributed by atoms with Crippen LogP contribution in [0.2, 0.25) is 0 Å². The number of carbonyl (C=O) groups excluding carboxylic acids is 1. The quantitative estimate of drug-likeness (QED) is 0.671. The van der Waals surface area contributed by atoms with Gasteiger partial charge in [0.2, 0.25) is 10.0 Å². The van der Waals surface area contributed by atoms with Gasteiger partial charge in [0.05, 0.1) is 19.9 Å². The van der Waals surface area contributed by atoms with Gasteiger partial charge < -0.3 is 14.8 Å². The predicted molar refractivity (Wildman–Crippen MR) is 99.3 cm³/mol. The van der Waals surface area contributed by atoms with Crippen LogP contribution in [0, 0.1) is 5.82 Å². The lowest BCUT2D eigenvalue weighted by Gasteiger charge is -2.12. The minimum Gasteiger partial charge on any atom is -0.497 e. The van der Waals surface area contributed by atoms with Gasteiger partial charge in [-0.15, -0.1) is 6.58 Å². The number of ether oxygens (including phenoxy) is 2. The molecule has 27 heavy (non-hydrogen) atoms. The fourth-order valence-corrected chi connectivity index (χ4v) is 3.30. The van der Waals surface area contributed by atoms with Crippen molar-refractivity contribution in [2.45, 2.75) is 4.90 Å². The van der Waals surface area contributed by atoms with E-state index >= 15 is 0 Å². The molecule has 0 saturated carbocycles. The molecule has 0 unspecified atom stereocenters. The van der Waals surface area contributed by atoms with Gasteiger partial charge in [-0.3, -0.25) is 4.79 Å². The Morgan fingerprint density at radius 1 is 1.19 bits per heavy atom. The molecule has 144 valence electrons. The van der Waals surface area contributed by atoms with Gasteiger partial charge in [0.15, 0.2) is 0 Å². The van der Waals surface area contributed by atoms with Crippen molar-refractivity contribution in [2.75, 3.05) is 26.1 Å². The Hall–Kier alpha value is -2.91. The van der Waals surface area contributed by atoms with Crippen molar-refractivity contribution < 1.29 is 27.1 Å². The summed E-state index contributed by atoms with van der Waals surface area (Å²) in [5.41, 5.74) is 0.278. The number of hydrogen-bond donors (Lipinski definition) is 2. The van der Waals surface area contributed by atoms with Gasteiger partial charge in [-0.25, -0.2) is 17.5 Å². The summed E-state index contributed by atoms with van der Waals surface area (Å²) in [7, 11) is -1.22. The number of rotatable bonds is 8. The third kappa shape index (κ3) is 4.83. The van der Waals surface area contributed by atoms with Crippen LogP contribution in [0.1, 0.15) is 10.4 Å². The zero-order chi connectivity index (χ0) is 20.0. The largest absolute Gasteiger partial charge is 0.497 e. The van der Waals surface area contributed by atoms with E-state index in [1.54, 1.807) is 18.2 Å². The van der Waals surface area contributed by atoms with Crippen molar-refractivity contribution in [2.24, 2.45) is 0 Å². The summed E-state index contributed by atoms with van der Waals surface area (Å²) in [6.07, 6.45) is 1.32. The molecule has 0 heterocycles. The van der Waals surface area contributed by atoms with E-state index in [1.807, 2.05) is 0 Å². The predicted octanol–water partition coefficient (Wildman–Crippen LogP) is 2.56. The van der Waals surface area contributed by atoms with E-state index in [4.69, 9.17) is 9.47 Å². The Morgan fingerprint density at radius 3 is 2.56 bits per heavy atom. The third-order valence-electron chi connectivity index (χ3n) is 3.56. The molecule has 2 N–H and O–H groups in total. The van der Waals surface area contributed by atoms with Crippen LogP contribution < -0.4 is 19.5 Å². The molecule has 0 spiro atoms. The van der Waals surface area contributed by atoms with Gasteiger partial charge in [-0.1, -0.05) is 6.08 Å². The van der Waals surface area contributed by atoms with Gasteiger partial charge >= 0.3 is 0 Å². The molecule has 0 aliphatic rings. The molecule has 1 amide bonds. The number of nitrogens with one attached hydrogen (secondary N) is 2. The normalized spacial score (nSPS) is 10.9. The molecule has 2 aromatic carbocycles. The highest BCUT2D eigenvalue weighted by atomic mass is 32.2. The maximum Gasteiger partial charge on any atom is 0.255 e. The fraction of sp³-hybridized carbons (Fsp3) is 0.167. The first-order valence-corrected chi connectivity index (χ1v) is 9.24. The van der Waals surface area contributed by atoms with Crippen LogP contribution in [0.25, 0.3) is 0 Å². The van der Waals surface area contributed by atoms with Crippen molar-refractivity contribution in [1.82, 2.24) is 4.72 Å². The number of methoxy groups -OCH3 is 2. The van der Waals surface area contributed by atoms with Crippen LogP contribution in [0.4, 0.5) is 10.1 Å². The summed E-state index contributed by atoms with van der Waals surface area (Å²) in [6.45, 7) is 3.33. The van der Waals surface area contributed by atoms with Gasteiger partial charge in [0.25, 0.3) is 5.91 Å². The van der Waals surface area contributed by atoms with Gasteiger partial charge in [-0.2, -0.15) is 0 Å². The highest BCUT2D eigenvalue weighted by Crippen LogP contribution is 2.29. The second-order valence-corrected chi connectivity index (χ2v) is 7.04. The van der Waals surface area contributed by atoms with Crippen molar-refractivity contribution in [3.8, 4) is 11.5 Å². The maximum atomic E-state index is 14.0. The maximum absolute atomic E-state index is 14.0. The second-order valence-electron chi connectivity index (χ2n) is 5.31. The first-order valence-electron chi connectivity index (χ1n) is 7.76. The lowest BCUT2D eigenvalue weighted by Crippen LogP contribution is -2.25. The number of anilines is 1. The van der Waals surface area contributed by atoms with E-state index in [0.717, 1.165) is 12.1 Å². The van der Waals surface area contributed by atoms with Gasteiger partial charge in [0, 0.05) is 18.2 Å². The monoisotopic (exact) mass is 394 g/mol. The van der Waals surface area contributed by atoms with Crippen LogP contribution in [0.5, 0.6) is 11.5 Å². The molecule has 0 aliphatic carbocycles. The third-order valence-corrected chi connectivity index (χ3v) is 4.99. The molecule has 0 fully saturated rings. The zero-order valence-electron chi connectivity index (χ0n) is 14.8. The van der Waals surface area contributed by atoms with Gasteiger partial charge in [0.1, 0.15) is 22.2 Å². The topological polar surface area (TPSA) is 93.7 Å². The SMILES string of the molecule is C=CCNS(=O)(=O)c1cc(C(=O)Nc2cc(OC)ccc2OC)ccc1F. The Labute approximate surface area is 156 Å². The van der Waals surface area contributed by atoms with Crippen LogP contribution in [0.15, 0.2) is 53.9 Å². The summed E-state index contributed by atoms with van der Waals surface area (Å²) >= 11 is 0. The summed E-state index contributed by atoms with van der Waals surface area (Å²) in [6, 6.07) is 7.87. The van der Waals surface area contributed by atoms with Crippen LogP contribution in [-0.4, -0.2) is 35.1 Å². The lowest BCUT2D eigenvalue weighted by molar-refractivity contribution is 0.102. The van der Waals surface area contributed by atoms with Crippen molar-refractivity contribution in [3.63, 3.8) is 0 Å². The molecule has 9 heteroatoms. The molecule has 0 atom stereocenters. The summed E-state index contributed by atoms with van der Waals surface area (Å²) in [4.78, 5) is 11.9. The van der Waals surface area contributed by atoms with E-state index in [1.165, 1.54) is 26.4 Å². The lowest BCUT2D eigenvalue weighted by atomic mass is 10.2. The number of sulfonamides is 1. The van der Waals surface area contributed by atoms with E-state index in [0.29, 0.717) is 17.2 Å². The highest BCUT2D eigenvalue weighted by Gasteiger charge is 2.21. The van der Waals surface area contributed by atoms with E-state index < -0.39 is 26.6 Å². The smallest absolute Gasteiger partial charge is 0.255 e. The van der Waals surface area contributed by atoms with E-state index in [2.05, 4.69) is 16.6 Å².